The molecular weight excluding hydrogens is 206 g/mol. The van der Waals surface area contributed by atoms with Crippen molar-refractivity contribution in [2.24, 2.45) is 0 Å². The highest BCUT2D eigenvalue weighted by molar-refractivity contribution is 5.83. The Morgan fingerprint density at radius 2 is 2.40 bits per heavy atom. The number of carbonyl (C=O) groups excluding carboxylic acids is 1. The van der Waals surface area contributed by atoms with Gasteiger partial charge in [-0.2, -0.15) is 0 Å². The topological polar surface area (TPSA) is 41.6 Å². The first kappa shape index (κ1) is 12.3. The summed E-state index contributed by atoms with van der Waals surface area (Å²) in [6, 6.07) is -0.125. The third kappa shape index (κ3) is 3.71. The van der Waals surface area contributed by atoms with Gasteiger partial charge in [-0.3, -0.25) is 4.79 Å². The normalized spacial score (nSPS) is 21.7. The molecule has 0 aromatic rings. The van der Waals surface area contributed by atoms with Crippen LogP contribution in [0.5, 0.6) is 0 Å². The molecule has 0 radical (unpaired) electrons. The Hall–Kier alpha value is -0.750. The summed E-state index contributed by atoms with van der Waals surface area (Å²) in [6.07, 6.45) is -1.67. The van der Waals surface area contributed by atoms with E-state index in [-0.39, 0.29) is 18.6 Å². The molecular formula is C9H16F2N2O2. The standard InChI is InChI=1S/C9H16F2N2O2/c1-12-7-2-3-13(9(7)14)4-5-15-6-8(10)11/h7-8,12H,2-6H2,1H3. The predicted octanol–water partition coefficient (Wildman–Crippen LogP) is 0.0884. The zero-order chi connectivity index (χ0) is 11.3. The fourth-order valence-electron chi connectivity index (χ4n) is 1.58. The molecule has 0 aliphatic carbocycles. The molecule has 1 heterocycles. The van der Waals surface area contributed by atoms with E-state index in [9.17, 15) is 13.6 Å². The summed E-state index contributed by atoms with van der Waals surface area (Å²) in [7, 11) is 1.74. The van der Waals surface area contributed by atoms with Crippen LogP contribution < -0.4 is 5.32 Å². The van der Waals surface area contributed by atoms with Crippen LogP contribution in [0.3, 0.4) is 0 Å². The predicted molar refractivity (Wildman–Crippen MR) is 50.9 cm³/mol. The Labute approximate surface area is 87.6 Å². The maximum atomic E-state index is 11.7. The average molecular weight is 222 g/mol. The fourth-order valence-corrected chi connectivity index (χ4v) is 1.58. The maximum Gasteiger partial charge on any atom is 0.261 e. The molecule has 1 unspecified atom stereocenters. The third-order valence-corrected chi connectivity index (χ3v) is 2.40. The second kappa shape index (κ2) is 5.97. The van der Waals surface area contributed by atoms with Gasteiger partial charge in [0.05, 0.1) is 12.6 Å². The van der Waals surface area contributed by atoms with Gasteiger partial charge in [0.1, 0.15) is 6.61 Å². The summed E-state index contributed by atoms with van der Waals surface area (Å²) in [5.74, 6) is 0.0261. The lowest BCUT2D eigenvalue weighted by Crippen LogP contribution is -2.37. The highest BCUT2D eigenvalue weighted by Gasteiger charge is 2.29. The number of likely N-dealkylation sites (N-methyl/N-ethyl adjacent to an activating group) is 1. The number of ether oxygens (including phenoxy) is 1. The van der Waals surface area contributed by atoms with Crippen molar-refractivity contribution in [3.8, 4) is 0 Å². The Bertz CT molecular complexity index is 214. The lowest BCUT2D eigenvalue weighted by atomic mass is 10.3. The first-order chi connectivity index (χ1) is 7.15. The van der Waals surface area contributed by atoms with Crippen molar-refractivity contribution in [1.82, 2.24) is 10.2 Å². The summed E-state index contributed by atoms with van der Waals surface area (Å²) in [4.78, 5) is 13.2. The maximum absolute atomic E-state index is 11.7. The number of rotatable bonds is 6. The smallest absolute Gasteiger partial charge is 0.261 e. The van der Waals surface area contributed by atoms with Crippen molar-refractivity contribution in [1.29, 1.82) is 0 Å². The SMILES string of the molecule is CNC1CCN(CCOCC(F)F)C1=O. The molecule has 6 heteroatoms. The minimum atomic E-state index is -2.44. The monoisotopic (exact) mass is 222 g/mol. The Kier molecular flexibility index (Phi) is 4.90. The summed E-state index contributed by atoms with van der Waals surface area (Å²) >= 11 is 0. The quantitative estimate of drug-likeness (QED) is 0.647. The lowest BCUT2D eigenvalue weighted by molar-refractivity contribution is -0.130. The van der Waals surface area contributed by atoms with E-state index < -0.39 is 13.0 Å². The zero-order valence-corrected chi connectivity index (χ0v) is 8.71. The van der Waals surface area contributed by atoms with Crippen molar-refractivity contribution in [2.45, 2.75) is 18.9 Å². The van der Waals surface area contributed by atoms with Crippen LogP contribution in [0.1, 0.15) is 6.42 Å². The zero-order valence-electron chi connectivity index (χ0n) is 8.71. The number of hydrogen-bond donors (Lipinski definition) is 1. The van der Waals surface area contributed by atoms with Crippen LogP contribution in [-0.4, -0.2) is 56.6 Å². The summed E-state index contributed by atoms with van der Waals surface area (Å²) in [6.45, 7) is 0.677. The van der Waals surface area contributed by atoms with Crippen LogP contribution >= 0.6 is 0 Å². The molecule has 1 rings (SSSR count). The van der Waals surface area contributed by atoms with Gasteiger partial charge >= 0.3 is 0 Å². The molecule has 1 atom stereocenters. The number of alkyl halides is 2. The van der Waals surface area contributed by atoms with Crippen LogP contribution in [-0.2, 0) is 9.53 Å². The molecule has 0 bridgehead atoms. The molecule has 1 fully saturated rings. The van der Waals surface area contributed by atoms with E-state index >= 15 is 0 Å². The molecule has 0 spiro atoms. The third-order valence-electron chi connectivity index (χ3n) is 2.40. The molecule has 1 saturated heterocycles. The van der Waals surface area contributed by atoms with Gasteiger partial charge < -0.3 is 15.0 Å². The first-order valence-electron chi connectivity index (χ1n) is 4.97. The minimum absolute atomic E-state index is 0.0261. The molecule has 0 aromatic heterocycles. The van der Waals surface area contributed by atoms with Gasteiger partial charge in [-0.1, -0.05) is 0 Å². The van der Waals surface area contributed by atoms with E-state index in [0.29, 0.717) is 13.1 Å². The second-order valence-electron chi connectivity index (χ2n) is 3.42. The Morgan fingerprint density at radius 3 is 2.93 bits per heavy atom. The average Bonchev–Trinajstić information content (AvgIpc) is 2.54. The van der Waals surface area contributed by atoms with Gasteiger partial charge in [-0.25, -0.2) is 8.78 Å². The van der Waals surface area contributed by atoms with Crippen LogP contribution in [0.4, 0.5) is 8.78 Å². The van der Waals surface area contributed by atoms with E-state index in [4.69, 9.17) is 4.74 Å². The van der Waals surface area contributed by atoms with Crippen molar-refractivity contribution in [3.05, 3.63) is 0 Å². The number of likely N-dealkylation sites (tertiary alicyclic amines) is 1. The number of nitrogens with one attached hydrogen (secondary N) is 1. The van der Waals surface area contributed by atoms with E-state index in [1.54, 1.807) is 11.9 Å². The van der Waals surface area contributed by atoms with E-state index in [1.165, 1.54) is 0 Å². The molecule has 15 heavy (non-hydrogen) atoms. The highest BCUT2D eigenvalue weighted by Crippen LogP contribution is 2.09. The highest BCUT2D eigenvalue weighted by atomic mass is 19.3. The molecule has 1 N–H and O–H groups in total. The van der Waals surface area contributed by atoms with E-state index in [2.05, 4.69) is 5.32 Å². The van der Waals surface area contributed by atoms with Crippen LogP contribution in [0.15, 0.2) is 0 Å². The van der Waals surface area contributed by atoms with Gasteiger partial charge in [0.15, 0.2) is 0 Å². The second-order valence-corrected chi connectivity index (χ2v) is 3.42. The largest absolute Gasteiger partial charge is 0.374 e. The molecule has 0 aromatic carbocycles. The fraction of sp³-hybridized carbons (Fsp3) is 0.889. The summed E-state index contributed by atoms with van der Waals surface area (Å²) < 4.78 is 28.1. The number of nitrogens with zero attached hydrogens (tertiary/aromatic N) is 1. The van der Waals surface area contributed by atoms with Gasteiger partial charge in [-0.05, 0) is 13.5 Å². The molecule has 1 aliphatic heterocycles. The Balaban J connectivity index is 2.15. The van der Waals surface area contributed by atoms with Gasteiger partial charge in [0, 0.05) is 13.1 Å². The van der Waals surface area contributed by atoms with Crippen molar-refractivity contribution in [3.63, 3.8) is 0 Å². The number of carbonyl (C=O) groups is 1. The van der Waals surface area contributed by atoms with Gasteiger partial charge in [0.25, 0.3) is 6.43 Å². The van der Waals surface area contributed by atoms with Gasteiger partial charge in [-0.15, -0.1) is 0 Å². The molecule has 4 nitrogen and oxygen atoms in total. The van der Waals surface area contributed by atoms with Crippen LogP contribution in [0.2, 0.25) is 0 Å². The van der Waals surface area contributed by atoms with Crippen molar-refractivity contribution >= 4 is 5.91 Å². The van der Waals surface area contributed by atoms with E-state index in [0.717, 1.165) is 6.42 Å². The summed E-state index contributed by atoms with van der Waals surface area (Å²) in [5.41, 5.74) is 0. The summed E-state index contributed by atoms with van der Waals surface area (Å²) in [5, 5.41) is 2.90. The Morgan fingerprint density at radius 1 is 1.67 bits per heavy atom. The van der Waals surface area contributed by atoms with E-state index in [1.807, 2.05) is 0 Å². The van der Waals surface area contributed by atoms with Crippen molar-refractivity contribution < 1.29 is 18.3 Å². The lowest BCUT2D eigenvalue weighted by Gasteiger charge is -2.16. The number of hydrogen-bond acceptors (Lipinski definition) is 3. The van der Waals surface area contributed by atoms with Crippen LogP contribution in [0, 0.1) is 0 Å². The van der Waals surface area contributed by atoms with Crippen molar-refractivity contribution in [2.75, 3.05) is 33.4 Å². The minimum Gasteiger partial charge on any atom is -0.374 e. The molecule has 1 aliphatic rings. The van der Waals surface area contributed by atoms with Gasteiger partial charge in [0.2, 0.25) is 5.91 Å². The molecule has 88 valence electrons. The molecule has 0 saturated carbocycles. The molecule has 1 amide bonds. The number of amides is 1. The van der Waals surface area contributed by atoms with Crippen LogP contribution in [0.25, 0.3) is 0 Å². The first-order valence-corrected chi connectivity index (χ1v) is 4.97. The number of halogens is 2.